The third kappa shape index (κ3) is 4.76. The molecule has 1 fully saturated rings. The predicted octanol–water partition coefficient (Wildman–Crippen LogP) is 2.12. The molecule has 2 rings (SSSR count). The van der Waals surface area contributed by atoms with Crippen LogP contribution in [0.2, 0.25) is 0 Å². The van der Waals surface area contributed by atoms with Crippen molar-refractivity contribution in [1.82, 2.24) is 14.9 Å². The van der Waals surface area contributed by atoms with Crippen LogP contribution in [0.1, 0.15) is 44.2 Å². The second kappa shape index (κ2) is 7.75. The lowest BCUT2D eigenvalue weighted by atomic mass is 9.89. The van der Waals surface area contributed by atoms with Crippen LogP contribution in [-0.2, 0) is 10.0 Å². The van der Waals surface area contributed by atoms with Crippen molar-refractivity contribution in [2.75, 3.05) is 21.1 Å². The van der Waals surface area contributed by atoms with Gasteiger partial charge in [0.15, 0.2) is 0 Å². The maximum Gasteiger partial charge on any atom is 0.240 e. The van der Waals surface area contributed by atoms with Crippen LogP contribution in [-0.4, -0.2) is 46.5 Å². The van der Waals surface area contributed by atoms with Crippen LogP contribution >= 0.6 is 0 Å². The first-order chi connectivity index (χ1) is 10.8. The van der Waals surface area contributed by atoms with Crippen LogP contribution in [0.15, 0.2) is 29.2 Å². The van der Waals surface area contributed by atoms with Gasteiger partial charge in [0.05, 0.1) is 4.90 Å². The molecule has 0 aromatic heterocycles. The molecule has 3 unspecified atom stereocenters. The zero-order valence-electron chi connectivity index (χ0n) is 14.5. The Morgan fingerprint density at radius 2 is 2.00 bits per heavy atom. The molecule has 0 saturated heterocycles. The van der Waals surface area contributed by atoms with Gasteiger partial charge in [0.1, 0.15) is 0 Å². The highest BCUT2D eigenvalue weighted by molar-refractivity contribution is 7.89. The van der Waals surface area contributed by atoms with E-state index >= 15 is 0 Å². The van der Waals surface area contributed by atoms with Gasteiger partial charge in [0, 0.05) is 18.1 Å². The molecule has 0 spiro atoms. The van der Waals surface area contributed by atoms with Gasteiger partial charge in [-0.3, -0.25) is 0 Å². The number of nitrogens with one attached hydrogen (secondary N) is 2. The molecule has 0 bridgehead atoms. The van der Waals surface area contributed by atoms with Crippen molar-refractivity contribution in [3.63, 3.8) is 0 Å². The van der Waals surface area contributed by atoms with Gasteiger partial charge >= 0.3 is 0 Å². The van der Waals surface area contributed by atoms with Crippen molar-refractivity contribution in [3.05, 3.63) is 29.8 Å². The topological polar surface area (TPSA) is 61.4 Å². The van der Waals surface area contributed by atoms with E-state index in [0.29, 0.717) is 17.0 Å². The monoisotopic (exact) mass is 339 g/mol. The summed E-state index contributed by atoms with van der Waals surface area (Å²) in [7, 11) is 2.33. The Labute approximate surface area is 140 Å². The van der Waals surface area contributed by atoms with Crippen molar-refractivity contribution < 1.29 is 8.42 Å². The highest BCUT2D eigenvalue weighted by atomic mass is 32.2. The van der Waals surface area contributed by atoms with E-state index in [1.54, 1.807) is 18.2 Å². The highest BCUT2D eigenvalue weighted by Crippen LogP contribution is 2.25. The molecule has 0 radical (unpaired) electrons. The maximum absolute atomic E-state index is 11.9. The summed E-state index contributed by atoms with van der Waals surface area (Å²) in [6, 6.07) is 8.42. The fraction of sp³-hybridized carbons (Fsp3) is 0.647. The van der Waals surface area contributed by atoms with Crippen LogP contribution in [0.25, 0.3) is 0 Å². The maximum atomic E-state index is 11.9. The highest BCUT2D eigenvalue weighted by Gasteiger charge is 2.24. The Morgan fingerprint density at radius 3 is 2.65 bits per heavy atom. The Kier molecular flexibility index (Phi) is 6.19. The SMILES string of the molecule is CNS(=O)(=O)c1cccc(C(C)NC2CCCC(N(C)C)C2)c1. The zero-order chi connectivity index (χ0) is 17.0. The van der Waals surface area contributed by atoms with Crippen LogP contribution in [0.5, 0.6) is 0 Å². The van der Waals surface area contributed by atoms with Crippen molar-refractivity contribution in [3.8, 4) is 0 Å². The quantitative estimate of drug-likeness (QED) is 0.833. The summed E-state index contributed by atoms with van der Waals surface area (Å²) < 4.78 is 26.3. The lowest BCUT2D eigenvalue weighted by Gasteiger charge is -2.35. The first kappa shape index (κ1) is 18.4. The summed E-state index contributed by atoms with van der Waals surface area (Å²) in [5.74, 6) is 0. The van der Waals surface area contributed by atoms with E-state index in [1.807, 2.05) is 6.07 Å². The van der Waals surface area contributed by atoms with Crippen molar-refractivity contribution in [2.45, 2.75) is 55.6 Å². The van der Waals surface area contributed by atoms with Gasteiger partial charge in [0.25, 0.3) is 0 Å². The van der Waals surface area contributed by atoms with Crippen LogP contribution < -0.4 is 10.0 Å². The third-order valence-electron chi connectivity index (χ3n) is 4.80. The number of benzene rings is 1. The molecule has 5 nitrogen and oxygen atoms in total. The second-order valence-corrected chi connectivity index (χ2v) is 8.54. The lowest BCUT2D eigenvalue weighted by molar-refractivity contribution is 0.193. The molecular formula is C17H29N3O2S. The minimum absolute atomic E-state index is 0.132. The van der Waals surface area contributed by atoms with Crippen molar-refractivity contribution in [2.24, 2.45) is 0 Å². The molecular weight excluding hydrogens is 310 g/mol. The normalized spacial score (nSPS) is 23.9. The van der Waals surface area contributed by atoms with Gasteiger partial charge in [-0.15, -0.1) is 0 Å². The van der Waals surface area contributed by atoms with Crippen LogP contribution in [0.4, 0.5) is 0 Å². The van der Waals surface area contributed by atoms with Crippen LogP contribution in [0, 0.1) is 0 Å². The number of hydrogen-bond donors (Lipinski definition) is 2. The van der Waals surface area contributed by atoms with Gasteiger partial charge in [-0.1, -0.05) is 18.6 Å². The van der Waals surface area contributed by atoms with Gasteiger partial charge in [-0.2, -0.15) is 0 Å². The molecule has 0 amide bonds. The van der Waals surface area contributed by atoms with Gasteiger partial charge in [-0.05, 0) is 65.0 Å². The van der Waals surface area contributed by atoms with E-state index in [0.717, 1.165) is 12.0 Å². The van der Waals surface area contributed by atoms with E-state index in [2.05, 4.69) is 36.0 Å². The molecule has 0 heterocycles. The molecule has 23 heavy (non-hydrogen) atoms. The first-order valence-corrected chi connectivity index (χ1v) is 9.78. The second-order valence-electron chi connectivity index (χ2n) is 6.65. The van der Waals surface area contributed by atoms with E-state index in [9.17, 15) is 8.42 Å². The lowest BCUT2D eigenvalue weighted by Crippen LogP contribution is -2.42. The predicted molar refractivity (Wildman–Crippen MR) is 94.0 cm³/mol. The summed E-state index contributed by atoms with van der Waals surface area (Å²) >= 11 is 0. The Morgan fingerprint density at radius 1 is 1.26 bits per heavy atom. The molecule has 1 aromatic rings. The molecule has 1 saturated carbocycles. The standard InChI is InChI=1S/C17H29N3O2S/c1-13(19-15-8-6-9-16(12-15)20(3)4)14-7-5-10-17(11-14)23(21,22)18-2/h5,7,10-11,13,15-16,18-19H,6,8-9,12H2,1-4H3. The van der Waals surface area contributed by atoms with Gasteiger partial charge in [-0.25, -0.2) is 13.1 Å². The molecule has 1 aliphatic rings. The number of rotatable bonds is 6. The Balaban J connectivity index is 2.06. The number of hydrogen-bond acceptors (Lipinski definition) is 4. The van der Waals surface area contributed by atoms with E-state index < -0.39 is 10.0 Å². The van der Waals surface area contributed by atoms with E-state index in [-0.39, 0.29) is 6.04 Å². The molecule has 130 valence electrons. The molecule has 2 N–H and O–H groups in total. The Bertz CT molecular complexity index is 616. The average Bonchev–Trinajstić information content (AvgIpc) is 2.55. The summed E-state index contributed by atoms with van der Waals surface area (Å²) in [6.07, 6.45) is 4.83. The molecule has 6 heteroatoms. The van der Waals surface area contributed by atoms with Crippen molar-refractivity contribution >= 4 is 10.0 Å². The smallest absolute Gasteiger partial charge is 0.240 e. The zero-order valence-corrected chi connectivity index (χ0v) is 15.4. The van der Waals surface area contributed by atoms with Crippen molar-refractivity contribution in [1.29, 1.82) is 0 Å². The summed E-state index contributed by atoms with van der Waals surface area (Å²) in [5.41, 5.74) is 1.01. The summed E-state index contributed by atoms with van der Waals surface area (Å²) in [5, 5.41) is 3.67. The van der Waals surface area contributed by atoms with E-state index in [1.165, 1.54) is 26.3 Å². The number of nitrogens with zero attached hydrogens (tertiary/aromatic N) is 1. The Hall–Kier alpha value is -0.950. The number of sulfonamides is 1. The summed E-state index contributed by atoms with van der Waals surface area (Å²) in [6.45, 7) is 2.10. The minimum Gasteiger partial charge on any atom is -0.307 e. The molecule has 3 atom stereocenters. The van der Waals surface area contributed by atoms with Gasteiger partial charge < -0.3 is 10.2 Å². The molecule has 1 aromatic carbocycles. The van der Waals surface area contributed by atoms with E-state index in [4.69, 9.17) is 0 Å². The molecule has 0 aliphatic heterocycles. The first-order valence-electron chi connectivity index (χ1n) is 8.29. The third-order valence-corrected chi connectivity index (χ3v) is 6.21. The fourth-order valence-corrected chi connectivity index (χ4v) is 4.09. The largest absolute Gasteiger partial charge is 0.307 e. The average molecular weight is 340 g/mol. The fourth-order valence-electron chi connectivity index (χ4n) is 3.30. The van der Waals surface area contributed by atoms with Gasteiger partial charge in [0.2, 0.25) is 10.0 Å². The molecule has 1 aliphatic carbocycles. The summed E-state index contributed by atoms with van der Waals surface area (Å²) in [4.78, 5) is 2.62. The van der Waals surface area contributed by atoms with Crippen LogP contribution in [0.3, 0.4) is 0 Å². The minimum atomic E-state index is -3.39.